The monoisotopic (exact) mass is 239 g/mol. The summed E-state index contributed by atoms with van der Waals surface area (Å²) in [5.41, 5.74) is -0.153. The average molecular weight is 239 g/mol. The highest BCUT2D eigenvalue weighted by Gasteiger charge is 2.39. The van der Waals surface area contributed by atoms with Gasteiger partial charge in [0.15, 0.2) is 0 Å². The van der Waals surface area contributed by atoms with Crippen LogP contribution in [0, 0.1) is 5.41 Å². The SMILES string of the molecule is CC(C)N1CCN(C(=O)C2(C)CCNC2)CC1. The van der Waals surface area contributed by atoms with Crippen LogP contribution in [0.5, 0.6) is 0 Å². The first kappa shape index (κ1) is 12.8. The van der Waals surface area contributed by atoms with Crippen molar-refractivity contribution >= 4 is 5.91 Å². The zero-order chi connectivity index (χ0) is 12.5. The molecular weight excluding hydrogens is 214 g/mol. The van der Waals surface area contributed by atoms with Crippen molar-refractivity contribution < 1.29 is 4.79 Å². The smallest absolute Gasteiger partial charge is 0.229 e. The zero-order valence-electron chi connectivity index (χ0n) is 11.3. The first-order chi connectivity index (χ1) is 8.03. The van der Waals surface area contributed by atoms with Gasteiger partial charge in [-0.2, -0.15) is 0 Å². The van der Waals surface area contributed by atoms with E-state index in [9.17, 15) is 4.79 Å². The molecule has 0 aliphatic carbocycles. The number of nitrogens with zero attached hydrogens (tertiary/aromatic N) is 2. The van der Waals surface area contributed by atoms with Gasteiger partial charge in [0.05, 0.1) is 5.41 Å². The molecular formula is C13H25N3O. The molecule has 17 heavy (non-hydrogen) atoms. The fourth-order valence-electron chi connectivity index (χ4n) is 2.82. The van der Waals surface area contributed by atoms with E-state index >= 15 is 0 Å². The number of amides is 1. The summed E-state index contributed by atoms with van der Waals surface area (Å²) >= 11 is 0. The molecule has 0 aromatic carbocycles. The first-order valence-corrected chi connectivity index (χ1v) is 6.77. The van der Waals surface area contributed by atoms with Crippen LogP contribution in [0.4, 0.5) is 0 Å². The van der Waals surface area contributed by atoms with Crippen molar-refractivity contribution in [3.8, 4) is 0 Å². The standard InChI is InChI=1S/C13H25N3O/c1-11(2)15-6-8-16(9-7-15)12(17)13(3)4-5-14-10-13/h11,14H,4-10H2,1-3H3. The molecule has 0 aromatic heterocycles. The third kappa shape index (κ3) is 2.63. The lowest BCUT2D eigenvalue weighted by atomic mass is 9.88. The summed E-state index contributed by atoms with van der Waals surface area (Å²) in [6, 6.07) is 0.594. The van der Waals surface area contributed by atoms with Crippen LogP contribution in [-0.2, 0) is 4.79 Å². The zero-order valence-corrected chi connectivity index (χ0v) is 11.3. The molecule has 4 nitrogen and oxygen atoms in total. The fourth-order valence-corrected chi connectivity index (χ4v) is 2.82. The number of nitrogens with one attached hydrogen (secondary N) is 1. The fraction of sp³-hybridized carbons (Fsp3) is 0.923. The molecule has 0 aromatic rings. The van der Waals surface area contributed by atoms with E-state index in [1.807, 2.05) is 0 Å². The van der Waals surface area contributed by atoms with Crippen molar-refractivity contribution in [2.45, 2.75) is 33.2 Å². The maximum absolute atomic E-state index is 12.5. The minimum Gasteiger partial charge on any atom is -0.340 e. The molecule has 0 spiro atoms. The summed E-state index contributed by atoms with van der Waals surface area (Å²) in [4.78, 5) is 17.0. The molecule has 0 saturated carbocycles. The van der Waals surface area contributed by atoms with Crippen LogP contribution in [0.2, 0.25) is 0 Å². The molecule has 2 aliphatic rings. The highest BCUT2D eigenvalue weighted by atomic mass is 16.2. The Morgan fingerprint density at radius 2 is 1.88 bits per heavy atom. The van der Waals surface area contributed by atoms with E-state index in [4.69, 9.17) is 0 Å². The lowest BCUT2D eigenvalue weighted by Crippen LogP contribution is -2.54. The topological polar surface area (TPSA) is 35.6 Å². The summed E-state index contributed by atoms with van der Waals surface area (Å²) in [6.07, 6.45) is 0.982. The Morgan fingerprint density at radius 3 is 2.35 bits per heavy atom. The van der Waals surface area contributed by atoms with E-state index in [1.165, 1.54) is 0 Å². The molecule has 4 heteroatoms. The molecule has 2 aliphatic heterocycles. The second kappa shape index (κ2) is 4.94. The second-order valence-corrected chi connectivity index (χ2v) is 5.91. The Labute approximate surface area is 104 Å². The van der Waals surface area contributed by atoms with Gasteiger partial charge in [-0.25, -0.2) is 0 Å². The van der Waals surface area contributed by atoms with Crippen molar-refractivity contribution in [2.24, 2.45) is 5.41 Å². The molecule has 98 valence electrons. The Morgan fingerprint density at radius 1 is 1.24 bits per heavy atom. The number of hydrogen-bond donors (Lipinski definition) is 1. The lowest BCUT2D eigenvalue weighted by Gasteiger charge is -2.39. The van der Waals surface area contributed by atoms with Crippen LogP contribution in [0.1, 0.15) is 27.2 Å². The number of rotatable bonds is 2. The van der Waals surface area contributed by atoms with E-state index in [0.29, 0.717) is 11.9 Å². The minimum atomic E-state index is -0.153. The van der Waals surface area contributed by atoms with E-state index in [2.05, 4.69) is 35.9 Å². The predicted octanol–water partition coefficient (Wildman–Crippen LogP) is 0.539. The van der Waals surface area contributed by atoms with Crippen molar-refractivity contribution in [3.63, 3.8) is 0 Å². The Hall–Kier alpha value is -0.610. The largest absolute Gasteiger partial charge is 0.340 e. The molecule has 1 N–H and O–H groups in total. The molecule has 1 unspecified atom stereocenters. The highest BCUT2D eigenvalue weighted by molar-refractivity contribution is 5.83. The molecule has 1 atom stereocenters. The van der Waals surface area contributed by atoms with Crippen LogP contribution in [0.25, 0.3) is 0 Å². The molecule has 0 radical (unpaired) electrons. The maximum atomic E-state index is 12.5. The molecule has 2 fully saturated rings. The van der Waals surface area contributed by atoms with Gasteiger partial charge < -0.3 is 10.2 Å². The summed E-state index contributed by atoms with van der Waals surface area (Å²) in [5.74, 6) is 0.353. The Bertz CT molecular complexity index is 276. The van der Waals surface area contributed by atoms with Gasteiger partial charge in [-0.1, -0.05) is 0 Å². The quantitative estimate of drug-likeness (QED) is 0.764. The number of piperazine rings is 1. The van der Waals surface area contributed by atoms with Gasteiger partial charge in [0.25, 0.3) is 0 Å². The summed E-state index contributed by atoms with van der Waals surface area (Å²) in [5, 5.41) is 3.30. The van der Waals surface area contributed by atoms with Crippen molar-refractivity contribution in [1.82, 2.24) is 15.1 Å². The van der Waals surface area contributed by atoms with Gasteiger partial charge >= 0.3 is 0 Å². The Kier molecular flexibility index (Phi) is 3.73. The van der Waals surface area contributed by atoms with Crippen molar-refractivity contribution in [2.75, 3.05) is 39.3 Å². The predicted molar refractivity (Wildman–Crippen MR) is 68.9 cm³/mol. The number of carbonyl (C=O) groups excluding carboxylic acids is 1. The van der Waals surface area contributed by atoms with Crippen LogP contribution >= 0.6 is 0 Å². The van der Waals surface area contributed by atoms with Crippen LogP contribution in [-0.4, -0.2) is 61.0 Å². The van der Waals surface area contributed by atoms with E-state index < -0.39 is 0 Å². The molecule has 2 saturated heterocycles. The highest BCUT2D eigenvalue weighted by Crippen LogP contribution is 2.27. The summed E-state index contributed by atoms with van der Waals surface area (Å²) in [7, 11) is 0. The molecule has 2 rings (SSSR count). The van der Waals surface area contributed by atoms with Gasteiger partial charge in [-0.15, -0.1) is 0 Å². The second-order valence-electron chi connectivity index (χ2n) is 5.91. The molecule has 0 bridgehead atoms. The van der Waals surface area contributed by atoms with Crippen LogP contribution < -0.4 is 5.32 Å². The maximum Gasteiger partial charge on any atom is 0.229 e. The third-order valence-corrected chi connectivity index (χ3v) is 4.22. The molecule has 1 amide bonds. The van der Waals surface area contributed by atoms with Gasteiger partial charge in [-0.05, 0) is 33.7 Å². The number of carbonyl (C=O) groups is 1. The van der Waals surface area contributed by atoms with Gasteiger partial charge in [0.2, 0.25) is 5.91 Å². The first-order valence-electron chi connectivity index (χ1n) is 6.77. The van der Waals surface area contributed by atoms with Crippen LogP contribution in [0.15, 0.2) is 0 Å². The van der Waals surface area contributed by atoms with Gasteiger partial charge in [0.1, 0.15) is 0 Å². The van der Waals surface area contributed by atoms with E-state index in [1.54, 1.807) is 0 Å². The van der Waals surface area contributed by atoms with Gasteiger partial charge in [-0.3, -0.25) is 9.69 Å². The lowest BCUT2D eigenvalue weighted by molar-refractivity contribution is -0.142. The number of hydrogen-bond acceptors (Lipinski definition) is 3. The summed E-state index contributed by atoms with van der Waals surface area (Å²) < 4.78 is 0. The minimum absolute atomic E-state index is 0.153. The summed E-state index contributed by atoms with van der Waals surface area (Å²) in [6.45, 7) is 12.2. The normalized spacial score (nSPS) is 31.2. The molecule has 2 heterocycles. The average Bonchev–Trinajstić information content (AvgIpc) is 2.76. The Balaban J connectivity index is 1.90. The van der Waals surface area contributed by atoms with Crippen molar-refractivity contribution in [1.29, 1.82) is 0 Å². The van der Waals surface area contributed by atoms with Crippen LogP contribution in [0.3, 0.4) is 0 Å². The third-order valence-electron chi connectivity index (χ3n) is 4.22. The van der Waals surface area contributed by atoms with Crippen molar-refractivity contribution in [3.05, 3.63) is 0 Å². The van der Waals surface area contributed by atoms with Gasteiger partial charge in [0, 0.05) is 38.8 Å². The van der Waals surface area contributed by atoms with E-state index in [-0.39, 0.29) is 5.41 Å². The van der Waals surface area contributed by atoms with E-state index in [0.717, 1.165) is 45.7 Å².